The minimum absolute atomic E-state index is 0.376. The fourth-order valence-electron chi connectivity index (χ4n) is 3.06. The molecule has 0 aromatic heterocycles. The molecule has 0 atom stereocenters. The summed E-state index contributed by atoms with van der Waals surface area (Å²) in [6.45, 7) is 7.18. The number of ether oxygens (including phenoxy) is 1. The number of esters is 1. The maximum Gasteiger partial charge on any atom is 0.337 e. The Bertz CT molecular complexity index is 831. The Balaban J connectivity index is 2.26. The van der Waals surface area contributed by atoms with E-state index in [0.29, 0.717) is 10.7 Å². The topological polar surface area (TPSA) is 53.6 Å². The molecule has 0 saturated heterocycles. The number of rotatable bonds is 7. The average molecular weight is 400 g/mol. The van der Waals surface area contributed by atoms with Crippen LogP contribution in [0.25, 0.3) is 0 Å². The highest BCUT2D eigenvalue weighted by Crippen LogP contribution is 2.27. The predicted molar refractivity (Wildman–Crippen MR) is 122 cm³/mol. The lowest BCUT2D eigenvalue weighted by atomic mass is 10.1. The predicted octanol–water partition coefficient (Wildman–Crippen LogP) is 5.14. The Hall–Kier alpha value is -2.60. The molecule has 0 fully saturated rings. The van der Waals surface area contributed by atoms with Gasteiger partial charge in [-0.25, -0.2) is 4.79 Å². The molecule has 0 spiro atoms. The monoisotopic (exact) mass is 399 g/mol. The Labute approximate surface area is 173 Å². The Morgan fingerprint density at radius 1 is 1.11 bits per heavy atom. The fourth-order valence-corrected chi connectivity index (χ4v) is 3.29. The number of anilines is 3. The van der Waals surface area contributed by atoms with E-state index in [0.717, 1.165) is 47.6 Å². The normalized spacial score (nSPS) is 10.3. The van der Waals surface area contributed by atoms with Gasteiger partial charge in [0.1, 0.15) is 0 Å². The van der Waals surface area contributed by atoms with E-state index in [2.05, 4.69) is 42.4 Å². The summed E-state index contributed by atoms with van der Waals surface area (Å²) in [4.78, 5) is 14.1. The van der Waals surface area contributed by atoms with Crippen molar-refractivity contribution >= 4 is 40.4 Å². The molecule has 2 rings (SSSR count). The number of nitrogens with one attached hydrogen (secondary N) is 2. The van der Waals surface area contributed by atoms with E-state index in [-0.39, 0.29) is 5.97 Å². The van der Waals surface area contributed by atoms with Crippen LogP contribution in [0.3, 0.4) is 0 Å². The lowest BCUT2D eigenvalue weighted by Crippen LogP contribution is -2.24. The van der Waals surface area contributed by atoms with Crippen LogP contribution in [0.1, 0.15) is 41.3 Å². The zero-order chi connectivity index (χ0) is 20.7. The molecule has 0 amide bonds. The number of carbonyl (C=O) groups excluding carboxylic acids is 1. The van der Waals surface area contributed by atoms with Gasteiger partial charge in [0.15, 0.2) is 5.11 Å². The van der Waals surface area contributed by atoms with Crippen molar-refractivity contribution in [3.8, 4) is 0 Å². The van der Waals surface area contributed by atoms with Gasteiger partial charge < -0.3 is 20.3 Å². The minimum Gasteiger partial charge on any atom is -0.465 e. The van der Waals surface area contributed by atoms with Crippen molar-refractivity contribution < 1.29 is 9.53 Å². The van der Waals surface area contributed by atoms with Crippen molar-refractivity contribution in [2.75, 3.05) is 36.2 Å². The number of nitrogens with zero attached hydrogens (tertiary/aromatic N) is 1. The summed E-state index contributed by atoms with van der Waals surface area (Å²) in [6, 6.07) is 11.7. The maximum atomic E-state index is 12.0. The molecule has 6 heteroatoms. The highest BCUT2D eigenvalue weighted by molar-refractivity contribution is 7.80. The molecule has 2 N–H and O–H groups in total. The van der Waals surface area contributed by atoms with Crippen LogP contribution in [0, 0.1) is 13.8 Å². The second-order valence-electron chi connectivity index (χ2n) is 6.95. The molecule has 0 saturated carbocycles. The van der Waals surface area contributed by atoms with Crippen LogP contribution in [-0.2, 0) is 4.74 Å². The number of hydrogen-bond acceptors (Lipinski definition) is 4. The molecule has 5 nitrogen and oxygen atoms in total. The van der Waals surface area contributed by atoms with Crippen LogP contribution in [0.15, 0.2) is 36.4 Å². The van der Waals surface area contributed by atoms with Gasteiger partial charge in [-0.15, -0.1) is 0 Å². The van der Waals surface area contributed by atoms with Gasteiger partial charge in [-0.3, -0.25) is 0 Å². The summed E-state index contributed by atoms with van der Waals surface area (Å²) in [5.74, 6) is -0.376. The first-order valence-corrected chi connectivity index (χ1v) is 9.84. The third kappa shape index (κ3) is 5.96. The molecule has 0 radical (unpaired) electrons. The molecular weight excluding hydrogens is 370 g/mol. The zero-order valence-corrected chi connectivity index (χ0v) is 18.1. The van der Waals surface area contributed by atoms with Crippen molar-refractivity contribution in [2.45, 2.75) is 33.6 Å². The van der Waals surface area contributed by atoms with Crippen molar-refractivity contribution in [3.05, 3.63) is 53.1 Å². The highest BCUT2D eigenvalue weighted by atomic mass is 32.1. The average Bonchev–Trinajstić information content (AvgIpc) is 2.64. The summed E-state index contributed by atoms with van der Waals surface area (Å²) in [5, 5.41) is 6.94. The molecular formula is C22H29N3O2S. The van der Waals surface area contributed by atoms with E-state index < -0.39 is 0 Å². The van der Waals surface area contributed by atoms with Crippen LogP contribution >= 0.6 is 12.2 Å². The number of hydrogen-bond donors (Lipinski definition) is 2. The van der Waals surface area contributed by atoms with E-state index >= 15 is 0 Å². The Morgan fingerprint density at radius 3 is 2.39 bits per heavy atom. The SMILES string of the molecule is CCCCN(C)c1ccc(C(=O)OC)cc1NC(=S)Nc1cc(C)cc(C)c1. The van der Waals surface area contributed by atoms with Crippen molar-refractivity contribution in [2.24, 2.45) is 0 Å². The molecule has 2 aromatic rings. The van der Waals surface area contributed by atoms with E-state index in [9.17, 15) is 4.79 Å². The molecule has 0 aliphatic carbocycles. The van der Waals surface area contributed by atoms with Crippen LogP contribution in [0.2, 0.25) is 0 Å². The zero-order valence-electron chi connectivity index (χ0n) is 17.3. The molecule has 0 aliphatic heterocycles. The number of thiocarbonyl (C=S) groups is 1. The highest BCUT2D eigenvalue weighted by Gasteiger charge is 2.14. The van der Waals surface area contributed by atoms with Gasteiger partial charge in [0.25, 0.3) is 0 Å². The lowest BCUT2D eigenvalue weighted by Gasteiger charge is -2.24. The first kappa shape index (κ1) is 21.7. The summed E-state index contributed by atoms with van der Waals surface area (Å²) in [5.41, 5.74) is 5.48. The standard InChI is InChI=1S/C22H29N3O2S/c1-6-7-10-25(4)20-9-8-17(21(26)27-5)14-19(20)24-22(28)23-18-12-15(2)11-16(3)13-18/h8-9,11-14H,6-7,10H2,1-5H3,(H2,23,24,28). The van der Waals surface area contributed by atoms with E-state index in [4.69, 9.17) is 17.0 Å². The largest absolute Gasteiger partial charge is 0.465 e. The second-order valence-corrected chi connectivity index (χ2v) is 7.36. The third-order valence-corrected chi connectivity index (χ3v) is 4.61. The first-order chi connectivity index (χ1) is 13.3. The van der Waals surface area contributed by atoms with Crippen LogP contribution in [0.4, 0.5) is 17.1 Å². The number of aryl methyl sites for hydroxylation is 2. The summed E-state index contributed by atoms with van der Waals surface area (Å²) < 4.78 is 4.85. The van der Waals surface area contributed by atoms with Gasteiger partial charge in [0.2, 0.25) is 0 Å². The molecule has 0 unspecified atom stereocenters. The molecule has 28 heavy (non-hydrogen) atoms. The quantitative estimate of drug-likeness (QED) is 0.497. The van der Waals surface area contributed by atoms with Crippen LogP contribution < -0.4 is 15.5 Å². The van der Waals surface area contributed by atoms with Gasteiger partial charge in [0, 0.05) is 19.3 Å². The van der Waals surface area contributed by atoms with Crippen LogP contribution in [0.5, 0.6) is 0 Å². The second kappa shape index (κ2) is 10.1. The van der Waals surface area contributed by atoms with Crippen molar-refractivity contribution in [1.29, 1.82) is 0 Å². The van der Waals surface area contributed by atoms with E-state index in [1.807, 2.05) is 25.2 Å². The van der Waals surface area contributed by atoms with Crippen molar-refractivity contribution in [1.82, 2.24) is 0 Å². The van der Waals surface area contributed by atoms with Gasteiger partial charge in [-0.1, -0.05) is 19.4 Å². The smallest absolute Gasteiger partial charge is 0.337 e. The van der Waals surface area contributed by atoms with Crippen molar-refractivity contribution in [3.63, 3.8) is 0 Å². The van der Waals surface area contributed by atoms with Gasteiger partial charge in [-0.2, -0.15) is 0 Å². The summed E-state index contributed by atoms with van der Waals surface area (Å²) in [7, 11) is 3.41. The minimum atomic E-state index is -0.376. The Morgan fingerprint density at radius 2 is 1.79 bits per heavy atom. The van der Waals surface area contributed by atoms with Gasteiger partial charge in [0.05, 0.1) is 24.0 Å². The number of unbranched alkanes of at least 4 members (excludes halogenated alkanes) is 1. The maximum absolute atomic E-state index is 12.0. The number of benzene rings is 2. The Kier molecular flexibility index (Phi) is 7.81. The summed E-state index contributed by atoms with van der Waals surface area (Å²) >= 11 is 5.52. The molecule has 0 bridgehead atoms. The van der Waals surface area contributed by atoms with Gasteiger partial charge in [-0.05, 0) is 73.9 Å². The molecule has 0 heterocycles. The first-order valence-electron chi connectivity index (χ1n) is 9.43. The number of carbonyl (C=O) groups is 1. The fraction of sp³-hybridized carbons (Fsp3) is 0.364. The van der Waals surface area contributed by atoms with E-state index in [1.54, 1.807) is 12.1 Å². The molecule has 0 aliphatic rings. The van der Waals surface area contributed by atoms with Gasteiger partial charge >= 0.3 is 5.97 Å². The summed E-state index contributed by atoms with van der Waals surface area (Å²) in [6.07, 6.45) is 2.19. The van der Waals surface area contributed by atoms with E-state index in [1.165, 1.54) is 7.11 Å². The molecule has 150 valence electrons. The van der Waals surface area contributed by atoms with Crippen LogP contribution in [-0.4, -0.2) is 31.8 Å². The number of methoxy groups -OCH3 is 1. The third-order valence-electron chi connectivity index (χ3n) is 4.40. The molecule has 2 aromatic carbocycles. The lowest BCUT2D eigenvalue weighted by molar-refractivity contribution is 0.0601.